The van der Waals surface area contributed by atoms with Crippen molar-refractivity contribution in [3.05, 3.63) is 54.3 Å². The SMILES string of the molecule is O=C(N[C@@H]1O[C@H](CO)[C@@H](O)[C@H](O)[C@H]1O)c1cc(-c2ccc3ccccc3c2)no1. The summed E-state index contributed by atoms with van der Waals surface area (Å²) < 4.78 is 10.4. The number of aliphatic hydroxyl groups excluding tert-OH is 4. The molecule has 9 nitrogen and oxygen atoms in total. The van der Waals surface area contributed by atoms with Crippen molar-refractivity contribution in [2.24, 2.45) is 0 Å². The molecule has 2 heterocycles. The zero-order valence-corrected chi connectivity index (χ0v) is 15.2. The van der Waals surface area contributed by atoms with E-state index in [1.807, 2.05) is 42.5 Å². The van der Waals surface area contributed by atoms with Crippen LogP contribution >= 0.6 is 0 Å². The van der Waals surface area contributed by atoms with Crippen molar-refractivity contribution >= 4 is 16.7 Å². The third kappa shape index (κ3) is 3.74. The van der Waals surface area contributed by atoms with Gasteiger partial charge in [-0.25, -0.2) is 0 Å². The lowest BCUT2D eigenvalue weighted by Crippen LogP contribution is -2.63. The Hall–Kier alpha value is -2.82. The maximum atomic E-state index is 12.5. The highest BCUT2D eigenvalue weighted by Gasteiger charge is 2.44. The molecular formula is C20H20N2O7. The Bertz CT molecular complexity index is 1020. The molecule has 1 amide bonds. The molecule has 0 bridgehead atoms. The molecule has 152 valence electrons. The summed E-state index contributed by atoms with van der Waals surface area (Å²) in [5.74, 6) is -0.848. The molecule has 1 saturated heterocycles. The molecule has 5 N–H and O–H groups in total. The summed E-state index contributed by atoms with van der Waals surface area (Å²) in [5, 5.41) is 47.2. The van der Waals surface area contributed by atoms with E-state index in [4.69, 9.17) is 9.26 Å². The first kappa shape index (κ1) is 19.5. The molecule has 9 heteroatoms. The molecule has 1 aliphatic heterocycles. The Morgan fingerprint density at radius 1 is 1.00 bits per heavy atom. The van der Waals surface area contributed by atoms with Crippen LogP contribution in [0.4, 0.5) is 0 Å². The van der Waals surface area contributed by atoms with Crippen LogP contribution in [0.3, 0.4) is 0 Å². The van der Waals surface area contributed by atoms with Crippen LogP contribution in [0.1, 0.15) is 10.6 Å². The van der Waals surface area contributed by atoms with Crippen LogP contribution < -0.4 is 5.32 Å². The van der Waals surface area contributed by atoms with Crippen LogP contribution in [0.2, 0.25) is 0 Å². The lowest BCUT2D eigenvalue weighted by Gasteiger charge is -2.39. The maximum absolute atomic E-state index is 12.5. The van der Waals surface area contributed by atoms with Gasteiger partial charge in [0.1, 0.15) is 30.1 Å². The van der Waals surface area contributed by atoms with Gasteiger partial charge in [0.15, 0.2) is 6.23 Å². The Morgan fingerprint density at radius 3 is 2.52 bits per heavy atom. The predicted molar refractivity (Wildman–Crippen MR) is 101 cm³/mol. The van der Waals surface area contributed by atoms with E-state index in [9.17, 15) is 25.2 Å². The van der Waals surface area contributed by atoms with Crippen molar-refractivity contribution in [2.45, 2.75) is 30.6 Å². The first-order valence-electron chi connectivity index (χ1n) is 9.05. The second-order valence-corrected chi connectivity index (χ2v) is 6.86. The van der Waals surface area contributed by atoms with E-state index in [1.165, 1.54) is 6.07 Å². The molecule has 3 aromatic rings. The molecule has 4 rings (SSSR count). The fraction of sp³-hybridized carbons (Fsp3) is 0.300. The molecule has 0 aliphatic carbocycles. The van der Waals surface area contributed by atoms with Crippen molar-refractivity contribution in [3.63, 3.8) is 0 Å². The van der Waals surface area contributed by atoms with Crippen LogP contribution in [0.25, 0.3) is 22.0 Å². The minimum Gasteiger partial charge on any atom is -0.394 e. The van der Waals surface area contributed by atoms with Gasteiger partial charge in [-0.1, -0.05) is 41.6 Å². The van der Waals surface area contributed by atoms with Crippen LogP contribution in [0.15, 0.2) is 53.1 Å². The number of fused-ring (bicyclic) bond motifs is 1. The molecule has 5 atom stereocenters. The summed E-state index contributed by atoms with van der Waals surface area (Å²) in [7, 11) is 0. The van der Waals surface area contributed by atoms with Crippen LogP contribution in [0.5, 0.6) is 0 Å². The van der Waals surface area contributed by atoms with Gasteiger partial charge in [-0.3, -0.25) is 4.79 Å². The number of carbonyl (C=O) groups is 1. The topological polar surface area (TPSA) is 145 Å². The monoisotopic (exact) mass is 400 g/mol. The zero-order chi connectivity index (χ0) is 20.5. The number of benzene rings is 2. The van der Waals surface area contributed by atoms with Crippen molar-refractivity contribution in [2.75, 3.05) is 6.61 Å². The van der Waals surface area contributed by atoms with E-state index in [2.05, 4.69) is 10.5 Å². The Balaban J connectivity index is 1.50. The van der Waals surface area contributed by atoms with Gasteiger partial charge < -0.3 is 35.0 Å². The zero-order valence-electron chi connectivity index (χ0n) is 15.2. The molecule has 29 heavy (non-hydrogen) atoms. The van der Waals surface area contributed by atoms with Gasteiger partial charge in [-0.2, -0.15) is 0 Å². The third-order valence-corrected chi connectivity index (χ3v) is 4.94. The second kappa shape index (κ2) is 7.90. The van der Waals surface area contributed by atoms with E-state index in [0.717, 1.165) is 16.3 Å². The summed E-state index contributed by atoms with van der Waals surface area (Å²) in [4.78, 5) is 12.5. The summed E-state index contributed by atoms with van der Waals surface area (Å²) in [5.41, 5.74) is 1.22. The van der Waals surface area contributed by atoms with Crippen molar-refractivity contribution < 1.29 is 34.5 Å². The molecule has 0 radical (unpaired) electrons. The Morgan fingerprint density at radius 2 is 1.76 bits per heavy atom. The Kier molecular flexibility index (Phi) is 5.31. The largest absolute Gasteiger partial charge is 0.394 e. The smallest absolute Gasteiger partial charge is 0.291 e. The molecule has 2 aromatic carbocycles. The van der Waals surface area contributed by atoms with Crippen molar-refractivity contribution in [3.8, 4) is 11.3 Å². The van der Waals surface area contributed by atoms with E-state index >= 15 is 0 Å². The molecule has 0 saturated carbocycles. The normalized spacial score (nSPS) is 27.1. The fourth-order valence-electron chi connectivity index (χ4n) is 3.29. The number of carbonyl (C=O) groups excluding carboxylic acids is 1. The summed E-state index contributed by atoms with van der Waals surface area (Å²) in [6.45, 7) is -0.592. The standard InChI is InChI=1S/C20H20N2O7/c23-9-15-16(24)17(25)18(26)20(28-15)21-19(27)14-8-13(22-29-14)12-6-5-10-3-1-2-4-11(10)7-12/h1-8,15-18,20,23-26H,9H2,(H,21,27)/t15-,16-,17+,18-,20-/m1/s1. The van der Waals surface area contributed by atoms with Gasteiger partial charge in [-0.05, 0) is 16.8 Å². The van der Waals surface area contributed by atoms with E-state index in [-0.39, 0.29) is 5.76 Å². The van der Waals surface area contributed by atoms with E-state index < -0.39 is 43.2 Å². The highest BCUT2D eigenvalue weighted by atomic mass is 16.6. The number of hydrogen-bond acceptors (Lipinski definition) is 8. The predicted octanol–water partition coefficient (Wildman–Crippen LogP) is 0.0245. The fourth-order valence-corrected chi connectivity index (χ4v) is 3.29. The average molecular weight is 400 g/mol. The van der Waals surface area contributed by atoms with Gasteiger partial charge in [0.25, 0.3) is 5.91 Å². The average Bonchev–Trinajstić information content (AvgIpc) is 3.24. The minimum atomic E-state index is -1.59. The highest BCUT2D eigenvalue weighted by Crippen LogP contribution is 2.25. The summed E-state index contributed by atoms with van der Waals surface area (Å²) in [6, 6.07) is 15.0. The van der Waals surface area contributed by atoms with Gasteiger partial charge in [0.2, 0.25) is 5.76 Å². The maximum Gasteiger partial charge on any atom is 0.291 e. The highest BCUT2D eigenvalue weighted by molar-refractivity contribution is 5.93. The van der Waals surface area contributed by atoms with Gasteiger partial charge >= 0.3 is 0 Å². The molecule has 0 unspecified atom stereocenters. The van der Waals surface area contributed by atoms with Crippen LogP contribution in [0, 0.1) is 0 Å². The number of rotatable bonds is 4. The lowest BCUT2D eigenvalue weighted by molar-refractivity contribution is -0.233. The van der Waals surface area contributed by atoms with Crippen molar-refractivity contribution in [1.29, 1.82) is 0 Å². The summed E-state index contributed by atoms with van der Waals surface area (Å²) >= 11 is 0. The molecule has 1 aliphatic rings. The van der Waals surface area contributed by atoms with Crippen LogP contribution in [-0.2, 0) is 4.74 Å². The number of nitrogens with one attached hydrogen (secondary N) is 1. The molecule has 0 spiro atoms. The van der Waals surface area contributed by atoms with Crippen LogP contribution in [-0.4, -0.2) is 68.7 Å². The number of nitrogens with zero attached hydrogens (tertiary/aromatic N) is 1. The number of aromatic nitrogens is 1. The van der Waals surface area contributed by atoms with E-state index in [0.29, 0.717) is 5.69 Å². The number of hydrogen-bond donors (Lipinski definition) is 5. The first-order chi connectivity index (χ1) is 14.0. The first-order valence-corrected chi connectivity index (χ1v) is 9.05. The third-order valence-electron chi connectivity index (χ3n) is 4.94. The lowest BCUT2D eigenvalue weighted by atomic mass is 9.98. The number of amides is 1. The second-order valence-electron chi connectivity index (χ2n) is 6.86. The molecular weight excluding hydrogens is 380 g/mol. The van der Waals surface area contributed by atoms with Gasteiger partial charge in [0, 0.05) is 11.6 Å². The van der Waals surface area contributed by atoms with Crippen molar-refractivity contribution in [1.82, 2.24) is 10.5 Å². The molecule has 1 fully saturated rings. The van der Waals surface area contributed by atoms with Gasteiger partial charge in [0.05, 0.1) is 6.61 Å². The number of ether oxygens (including phenoxy) is 1. The quantitative estimate of drug-likeness (QED) is 0.412. The number of aliphatic hydroxyl groups is 4. The minimum absolute atomic E-state index is 0.120. The summed E-state index contributed by atoms with van der Waals surface area (Å²) in [6.07, 6.45) is -7.14. The molecule has 1 aromatic heterocycles. The Labute approximate surface area is 165 Å². The van der Waals surface area contributed by atoms with E-state index in [1.54, 1.807) is 0 Å². The van der Waals surface area contributed by atoms with Gasteiger partial charge in [-0.15, -0.1) is 0 Å².